The van der Waals surface area contributed by atoms with Gasteiger partial charge in [-0.1, -0.05) is 0 Å². The minimum Gasteiger partial charge on any atom is -0.449 e. The van der Waals surface area contributed by atoms with E-state index in [1.807, 2.05) is 0 Å². The van der Waals surface area contributed by atoms with Crippen LogP contribution >= 0.6 is 0 Å². The number of anilines is 1. The highest BCUT2D eigenvalue weighted by atomic mass is 19.1. The van der Waals surface area contributed by atoms with Gasteiger partial charge in [0.1, 0.15) is 17.5 Å². The number of carbonyl (C=O) groups is 2. The molecule has 2 heterocycles. The monoisotopic (exact) mass is 413 g/mol. The Bertz CT molecular complexity index is 1240. The van der Waals surface area contributed by atoms with E-state index in [2.05, 4.69) is 10.3 Å². The first-order chi connectivity index (χ1) is 14.3. The molecule has 2 aromatic carbocycles. The molecular weight excluding hydrogens is 396 g/mol. The van der Waals surface area contributed by atoms with Crippen molar-refractivity contribution in [1.82, 2.24) is 9.55 Å². The second-order valence-electron chi connectivity index (χ2n) is 6.98. The fourth-order valence-electron chi connectivity index (χ4n) is 3.32. The summed E-state index contributed by atoms with van der Waals surface area (Å²) >= 11 is 0. The lowest BCUT2D eigenvalue weighted by molar-refractivity contribution is -0.123. The number of rotatable bonds is 4. The lowest BCUT2D eigenvalue weighted by atomic mass is 10.1. The second-order valence-corrected chi connectivity index (χ2v) is 6.98. The van der Waals surface area contributed by atoms with Crippen LogP contribution in [0.4, 0.5) is 14.5 Å². The Balaban J connectivity index is 1.50. The number of aromatic nitrogens is 2. The minimum atomic E-state index is -1.24. The second kappa shape index (κ2) is 7.66. The molecule has 30 heavy (non-hydrogen) atoms. The van der Waals surface area contributed by atoms with Gasteiger partial charge in [-0.25, -0.2) is 18.6 Å². The Morgan fingerprint density at radius 3 is 2.77 bits per heavy atom. The van der Waals surface area contributed by atoms with Crippen LogP contribution < -0.4 is 10.9 Å². The number of ether oxygens (including phenoxy) is 1. The maximum absolute atomic E-state index is 13.7. The first-order valence-corrected chi connectivity index (χ1v) is 9.34. The van der Waals surface area contributed by atoms with Crippen molar-refractivity contribution in [2.45, 2.75) is 32.4 Å². The van der Waals surface area contributed by atoms with Crippen molar-refractivity contribution in [3.8, 4) is 0 Å². The van der Waals surface area contributed by atoms with Crippen molar-refractivity contribution in [3.05, 3.63) is 69.8 Å². The van der Waals surface area contributed by atoms with Crippen molar-refractivity contribution in [3.63, 3.8) is 0 Å². The Hall–Kier alpha value is -3.62. The van der Waals surface area contributed by atoms with Crippen LogP contribution in [0.2, 0.25) is 0 Å². The van der Waals surface area contributed by atoms with E-state index in [-0.39, 0.29) is 16.8 Å². The predicted molar refractivity (Wildman–Crippen MR) is 104 cm³/mol. The highest BCUT2D eigenvalue weighted by molar-refractivity contribution is 5.98. The third kappa shape index (κ3) is 3.66. The summed E-state index contributed by atoms with van der Waals surface area (Å²) in [5, 5.41) is 2.64. The predicted octanol–water partition coefficient (Wildman–Crippen LogP) is 2.80. The van der Waals surface area contributed by atoms with Crippen molar-refractivity contribution in [2.75, 3.05) is 5.32 Å². The van der Waals surface area contributed by atoms with Gasteiger partial charge in [0, 0.05) is 19.0 Å². The van der Waals surface area contributed by atoms with Gasteiger partial charge in [-0.2, -0.15) is 0 Å². The zero-order valence-electron chi connectivity index (χ0n) is 15.9. The van der Waals surface area contributed by atoms with E-state index in [9.17, 15) is 23.2 Å². The number of hydrogen-bond donors (Lipinski definition) is 1. The van der Waals surface area contributed by atoms with E-state index in [1.54, 1.807) is 4.57 Å². The number of amides is 1. The van der Waals surface area contributed by atoms with Gasteiger partial charge in [0.05, 0.1) is 22.2 Å². The van der Waals surface area contributed by atoms with Crippen LogP contribution in [0, 0.1) is 11.6 Å². The van der Waals surface area contributed by atoms with Crippen LogP contribution in [-0.4, -0.2) is 27.5 Å². The van der Waals surface area contributed by atoms with Gasteiger partial charge in [0.25, 0.3) is 11.5 Å². The van der Waals surface area contributed by atoms with E-state index in [0.29, 0.717) is 35.8 Å². The topological polar surface area (TPSA) is 90.3 Å². The summed E-state index contributed by atoms with van der Waals surface area (Å²) in [6, 6.07) is 7.08. The van der Waals surface area contributed by atoms with Gasteiger partial charge >= 0.3 is 5.97 Å². The number of nitrogens with zero attached hydrogens (tertiary/aromatic N) is 2. The van der Waals surface area contributed by atoms with Crippen molar-refractivity contribution in [2.24, 2.45) is 0 Å². The maximum atomic E-state index is 13.7. The Morgan fingerprint density at radius 2 is 2.00 bits per heavy atom. The number of fused-ring (bicyclic) bond motifs is 2. The molecule has 1 aliphatic heterocycles. The molecule has 0 saturated heterocycles. The fourth-order valence-corrected chi connectivity index (χ4v) is 3.32. The van der Waals surface area contributed by atoms with Crippen LogP contribution in [0.5, 0.6) is 0 Å². The van der Waals surface area contributed by atoms with Gasteiger partial charge < -0.3 is 10.1 Å². The number of hydrogen-bond acceptors (Lipinski definition) is 5. The molecular formula is C21H17F2N3O4. The number of benzene rings is 2. The standard InChI is InChI=1S/C21H17F2N3O4/c1-11(19(27)25-16-7-5-13(22)10-15(16)23)30-21(29)12-4-6-14-17(9-12)24-18-3-2-8-26(18)20(14)28/h4-7,9-11H,2-3,8H2,1H3,(H,25,27)/t11-/m0/s1. The fraction of sp³-hybridized carbons (Fsp3) is 0.238. The minimum absolute atomic E-state index is 0.130. The van der Waals surface area contributed by atoms with Crippen LogP contribution in [-0.2, 0) is 22.5 Å². The van der Waals surface area contributed by atoms with Gasteiger partial charge in [0.15, 0.2) is 6.10 Å². The number of aryl methyl sites for hydroxylation is 1. The SMILES string of the molecule is C[C@H](OC(=O)c1ccc2c(=O)n3c(nc2c1)CCC3)C(=O)Nc1ccc(F)cc1F. The normalized spacial score (nSPS) is 13.7. The summed E-state index contributed by atoms with van der Waals surface area (Å²) in [7, 11) is 0. The van der Waals surface area contributed by atoms with E-state index in [0.717, 1.165) is 18.6 Å². The largest absolute Gasteiger partial charge is 0.449 e. The smallest absolute Gasteiger partial charge is 0.338 e. The third-order valence-electron chi connectivity index (χ3n) is 4.89. The summed E-state index contributed by atoms with van der Waals surface area (Å²) in [4.78, 5) is 41.6. The molecule has 7 nitrogen and oxygen atoms in total. The average Bonchev–Trinajstić information content (AvgIpc) is 3.18. The van der Waals surface area contributed by atoms with E-state index in [4.69, 9.17) is 4.74 Å². The average molecular weight is 413 g/mol. The third-order valence-corrected chi connectivity index (χ3v) is 4.89. The molecule has 4 rings (SSSR count). The van der Waals surface area contributed by atoms with Gasteiger partial charge in [-0.15, -0.1) is 0 Å². The zero-order valence-corrected chi connectivity index (χ0v) is 15.9. The quantitative estimate of drug-likeness (QED) is 0.665. The van der Waals surface area contributed by atoms with Crippen molar-refractivity contribution < 1.29 is 23.1 Å². The molecule has 0 spiro atoms. The number of halogens is 2. The van der Waals surface area contributed by atoms with Crippen LogP contribution in [0.15, 0.2) is 41.2 Å². The summed E-state index contributed by atoms with van der Waals surface area (Å²) in [5.74, 6) is -2.61. The maximum Gasteiger partial charge on any atom is 0.338 e. The Labute approximate surface area is 169 Å². The molecule has 1 aliphatic rings. The van der Waals surface area contributed by atoms with Crippen LogP contribution in [0.25, 0.3) is 10.9 Å². The van der Waals surface area contributed by atoms with Gasteiger partial charge in [-0.05, 0) is 43.7 Å². The van der Waals surface area contributed by atoms with Gasteiger partial charge in [-0.3, -0.25) is 14.2 Å². The molecule has 1 amide bonds. The Morgan fingerprint density at radius 1 is 1.20 bits per heavy atom. The number of carbonyl (C=O) groups excluding carboxylic acids is 2. The molecule has 0 unspecified atom stereocenters. The molecule has 0 fully saturated rings. The number of esters is 1. The molecule has 9 heteroatoms. The molecule has 3 aromatic rings. The zero-order chi connectivity index (χ0) is 21.4. The molecule has 0 bridgehead atoms. The van der Waals surface area contributed by atoms with Crippen molar-refractivity contribution in [1.29, 1.82) is 0 Å². The van der Waals surface area contributed by atoms with E-state index < -0.39 is 29.6 Å². The summed E-state index contributed by atoms with van der Waals surface area (Å²) in [6.45, 7) is 1.95. The van der Waals surface area contributed by atoms with Crippen LogP contribution in [0.3, 0.4) is 0 Å². The summed E-state index contributed by atoms with van der Waals surface area (Å²) in [5.41, 5.74) is 0.132. The summed E-state index contributed by atoms with van der Waals surface area (Å²) < 4.78 is 33.4. The molecule has 1 N–H and O–H groups in total. The van der Waals surface area contributed by atoms with Crippen molar-refractivity contribution >= 4 is 28.5 Å². The Kier molecular flexibility index (Phi) is 5.03. The lowest BCUT2D eigenvalue weighted by Gasteiger charge is -2.14. The summed E-state index contributed by atoms with van der Waals surface area (Å²) in [6.07, 6.45) is 0.294. The molecule has 0 saturated carbocycles. The molecule has 0 aliphatic carbocycles. The number of nitrogens with one attached hydrogen (secondary N) is 1. The van der Waals surface area contributed by atoms with E-state index >= 15 is 0 Å². The molecule has 154 valence electrons. The molecule has 0 radical (unpaired) electrons. The first-order valence-electron chi connectivity index (χ1n) is 9.34. The molecule has 1 aromatic heterocycles. The van der Waals surface area contributed by atoms with Gasteiger partial charge in [0.2, 0.25) is 0 Å². The highest BCUT2D eigenvalue weighted by Crippen LogP contribution is 2.18. The van der Waals surface area contributed by atoms with Crippen LogP contribution in [0.1, 0.15) is 29.5 Å². The van der Waals surface area contributed by atoms with E-state index in [1.165, 1.54) is 25.1 Å². The first kappa shape index (κ1) is 19.7. The highest BCUT2D eigenvalue weighted by Gasteiger charge is 2.22. The molecule has 1 atom stereocenters. The lowest BCUT2D eigenvalue weighted by Crippen LogP contribution is -2.30.